The quantitative estimate of drug-likeness (QED) is 0.724. The van der Waals surface area contributed by atoms with Gasteiger partial charge in [0, 0.05) is 22.1 Å². The second-order valence-electron chi connectivity index (χ2n) is 6.47. The second kappa shape index (κ2) is 4.32. The third kappa shape index (κ3) is 1.66. The highest BCUT2D eigenvalue weighted by Crippen LogP contribution is 2.43. The van der Waals surface area contributed by atoms with Crippen LogP contribution in [-0.4, -0.2) is 16.7 Å². The van der Waals surface area contributed by atoms with Crippen molar-refractivity contribution >= 4 is 22.6 Å². The third-order valence-corrected chi connectivity index (χ3v) is 4.80. The number of carbonyl (C=O) groups excluding carboxylic acids is 2. The van der Waals surface area contributed by atoms with Crippen LogP contribution in [0.2, 0.25) is 0 Å². The summed E-state index contributed by atoms with van der Waals surface area (Å²) in [4.78, 5) is 28.0. The summed E-state index contributed by atoms with van der Waals surface area (Å²) in [6.07, 6.45) is 0. The van der Waals surface area contributed by atoms with Crippen molar-refractivity contribution in [3.63, 3.8) is 0 Å². The molecule has 4 nitrogen and oxygen atoms in total. The average molecular weight is 304 g/mol. The van der Waals surface area contributed by atoms with Crippen LogP contribution in [0.5, 0.6) is 0 Å². The van der Waals surface area contributed by atoms with Crippen LogP contribution >= 0.6 is 0 Å². The molecule has 0 radical (unpaired) electrons. The number of benzene rings is 2. The van der Waals surface area contributed by atoms with Gasteiger partial charge < -0.3 is 10.7 Å². The van der Waals surface area contributed by atoms with Crippen LogP contribution in [0.1, 0.15) is 51.4 Å². The number of fused-ring (bicyclic) bond motifs is 4. The highest BCUT2D eigenvalue weighted by molar-refractivity contribution is 6.21. The SMILES string of the molecule is CC1(C)c2ccccc2C(=O)c2c1[nH]c1c(C(N)=O)cccc21. The maximum atomic E-state index is 13.0. The molecule has 0 aliphatic heterocycles. The lowest BCUT2D eigenvalue weighted by molar-refractivity contribution is 0.0999. The van der Waals surface area contributed by atoms with E-state index in [1.807, 2.05) is 30.3 Å². The topological polar surface area (TPSA) is 75.9 Å². The summed E-state index contributed by atoms with van der Waals surface area (Å²) in [5.74, 6) is -0.514. The van der Waals surface area contributed by atoms with Crippen molar-refractivity contribution in [1.29, 1.82) is 0 Å². The number of aromatic amines is 1. The number of primary amides is 1. The van der Waals surface area contributed by atoms with Gasteiger partial charge in [-0.1, -0.05) is 50.2 Å². The zero-order chi connectivity index (χ0) is 16.4. The molecule has 0 atom stereocenters. The molecular formula is C19H16N2O2. The number of aromatic nitrogens is 1. The van der Waals surface area contributed by atoms with Gasteiger partial charge in [-0.2, -0.15) is 0 Å². The first-order chi connectivity index (χ1) is 10.9. The summed E-state index contributed by atoms with van der Waals surface area (Å²) in [5, 5.41) is 0.754. The third-order valence-electron chi connectivity index (χ3n) is 4.80. The molecule has 2 aromatic carbocycles. The summed E-state index contributed by atoms with van der Waals surface area (Å²) in [7, 11) is 0. The molecular weight excluding hydrogens is 288 g/mol. The summed E-state index contributed by atoms with van der Waals surface area (Å²) in [6, 6.07) is 13.0. The van der Waals surface area contributed by atoms with Gasteiger partial charge in [-0.25, -0.2) is 0 Å². The molecule has 0 spiro atoms. The molecule has 1 aliphatic carbocycles. The second-order valence-corrected chi connectivity index (χ2v) is 6.47. The van der Waals surface area contributed by atoms with Crippen LogP contribution < -0.4 is 5.73 Å². The monoisotopic (exact) mass is 304 g/mol. The standard InChI is InChI=1S/C19H16N2O2/c1-19(2)13-9-4-3-6-10(13)16(22)14-11-7-5-8-12(18(20)23)15(11)21-17(14)19/h3-9,21H,1-2H3,(H2,20,23). The number of H-pyrrole nitrogens is 1. The van der Waals surface area contributed by atoms with Crippen molar-refractivity contribution in [3.8, 4) is 0 Å². The van der Waals surface area contributed by atoms with Crippen molar-refractivity contribution < 1.29 is 9.59 Å². The molecule has 1 aromatic heterocycles. The van der Waals surface area contributed by atoms with Gasteiger partial charge in [0.15, 0.2) is 5.78 Å². The van der Waals surface area contributed by atoms with E-state index in [4.69, 9.17) is 5.73 Å². The Labute approximate surface area is 133 Å². The Morgan fingerprint density at radius 2 is 1.83 bits per heavy atom. The molecule has 0 unspecified atom stereocenters. The first-order valence-electron chi connectivity index (χ1n) is 7.52. The number of rotatable bonds is 1. The highest BCUT2D eigenvalue weighted by Gasteiger charge is 2.39. The maximum absolute atomic E-state index is 13.0. The molecule has 3 N–H and O–H groups in total. The fourth-order valence-electron chi connectivity index (χ4n) is 3.62. The Kier molecular flexibility index (Phi) is 2.58. The molecule has 0 saturated heterocycles. The molecule has 4 rings (SSSR count). The van der Waals surface area contributed by atoms with Gasteiger partial charge in [-0.05, 0) is 11.6 Å². The minimum atomic E-state index is -0.503. The van der Waals surface area contributed by atoms with Crippen molar-refractivity contribution in [2.24, 2.45) is 5.73 Å². The Hall–Kier alpha value is -2.88. The van der Waals surface area contributed by atoms with E-state index in [0.717, 1.165) is 22.2 Å². The van der Waals surface area contributed by atoms with Crippen molar-refractivity contribution in [2.45, 2.75) is 19.3 Å². The average Bonchev–Trinajstić information content (AvgIpc) is 2.93. The number of carbonyl (C=O) groups is 2. The van der Waals surface area contributed by atoms with Crippen LogP contribution in [-0.2, 0) is 5.41 Å². The Morgan fingerprint density at radius 1 is 1.09 bits per heavy atom. The van der Waals surface area contributed by atoms with Crippen LogP contribution in [0.4, 0.5) is 0 Å². The van der Waals surface area contributed by atoms with Crippen LogP contribution in [0.3, 0.4) is 0 Å². The van der Waals surface area contributed by atoms with Gasteiger partial charge >= 0.3 is 0 Å². The molecule has 23 heavy (non-hydrogen) atoms. The highest BCUT2D eigenvalue weighted by atomic mass is 16.1. The molecule has 114 valence electrons. The number of ketones is 1. The lowest BCUT2D eigenvalue weighted by Gasteiger charge is -2.31. The lowest BCUT2D eigenvalue weighted by atomic mass is 9.71. The molecule has 1 aliphatic rings. The predicted octanol–water partition coefficient (Wildman–Crippen LogP) is 3.14. The van der Waals surface area contributed by atoms with E-state index < -0.39 is 5.91 Å². The van der Waals surface area contributed by atoms with Gasteiger partial charge in [0.2, 0.25) is 0 Å². The fraction of sp³-hybridized carbons (Fsp3) is 0.158. The normalized spacial score (nSPS) is 15.3. The van der Waals surface area contributed by atoms with E-state index >= 15 is 0 Å². The van der Waals surface area contributed by atoms with E-state index in [-0.39, 0.29) is 11.2 Å². The largest absolute Gasteiger partial charge is 0.366 e. The van der Waals surface area contributed by atoms with Crippen molar-refractivity contribution in [1.82, 2.24) is 4.98 Å². The minimum absolute atomic E-state index is 0.0113. The first kappa shape index (κ1) is 13.8. The maximum Gasteiger partial charge on any atom is 0.250 e. The summed E-state index contributed by atoms with van der Waals surface area (Å²) < 4.78 is 0. The summed E-state index contributed by atoms with van der Waals surface area (Å²) in [5.41, 5.74) is 9.36. The van der Waals surface area contributed by atoms with Crippen molar-refractivity contribution in [3.05, 3.63) is 70.4 Å². The number of nitrogens with one attached hydrogen (secondary N) is 1. The number of hydrogen-bond donors (Lipinski definition) is 2. The zero-order valence-corrected chi connectivity index (χ0v) is 12.9. The molecule has 1 amide bonds. The van der Waals surface area contributed by atoms with Gasteiger partial charge in [0.05, 0.1) is 16.6 Å². The number of nitrogens with two attached hydrogens (primary N) is 1. The molecule has 0 bridgehead atoms. The molecule has 0 saturated carbocycles. The molecule has 1 heterocycles. The summed E-state index contributed by atoms with van der Waals surface area (Å²) in [6.45, 7) is 4.16. The smallest absolute Gasteiger partial charge is 0.250 e. The fourth-order valence-corrected chi connectivity index (χ4v) is 3.62. The van der Waals surface area contributed by atoms with Gasteiger partial charge in [0.25, 0.3) is 5.91 Å². The van der Waals surface area contributed by atoms with Gasteiger partial charge in [0.1, 0.15) is 0 Å². The van der Waals surface area contributed by atoms with Crippen molar-refractivity contribution in [2.75, 3.05) is 0 Å². The van der Waals surface area contributed by atoms with Crippen LogP contribution in [0.15, 0.2) is 42.5 Å². The van der Waals surface area contributed by atoms with Crippen LogP contribution in [0.25, 0.3) is 10.9 Å². The van der Waals surface area contributed by atoms with Gasteiger partial charge in [-0.15, -0.1) is 0 Å². The Balaban J connectivity index is 2.14. The lowest BCUT2D eigenvalue weighted by Crippen LogP contribution is -2.30. The van der Waals surface area contributed by atoms with E-state index in [2.05, 4.69) is 18.8 Å². The number of hydrogen-bond acceptors (Lipinski definition) is 2. The zero-order valence-electron chi connectivity index (χ0n) is 12.9. The van der Waals surface area contributed by atoms with Gasteiger partial charge in [-0.3, -0.25) is 9.59 Å². The molecule has 0 fully saturated rings. The summed E-state index contributed by atoms with van der Waals surface area (Å²) >= 11 is 0. The van der Waals surface area contributed by atoms with E-state index in [1.165, 1.54) is 0 Å². The number of para-hydroxylation sites is 1. The Morgan fingerprint density at radius 3 is 2.57 bits per heavy atom. The first-order valence-corrected chi connectivity index (χ1v) is 7.52. The van der Waals surface area contributed by atoms with E-state index in [0.29, 0.717) is 16.6 Å². The van der Waals surface area contributed by atoms with E-state index in [1.54, 1.807) is 12.1 Å². The minimum Gasteiger partial charge on any atom is -0.366 e. The van der Waals surface area contributed by atoms with E-state index in [9.17, 15) is 9.59 Å². The number of amides is 1. The van der Waals surface area contributed by atoms with Crippen LogP contribution in [0, 0.1) is 0 Å². The molecule has 4 heteroatoms. The Bertz CT molecular complexity index is 996. The predicted molar refractivity (Wildman–Crippen MR) is 88.8 cm³/mol. The molecule has 3 aromatic rings.